The summed E-state index contributed by atoms with van der Waals surface area (Å²) in [6.07, 6.45) is -0.412. The van der Waals surface area contributed by atoms with Gasteiger partial charge < -0.3 is 20.3 Å². The quantitative estimate of drug-likeness (QED) is 0.638. The number of aromatic hydroxyl groups is 1. The van der Waals surface area contributed by atoms with Gasteiger partial charge in [-0.15, -0.1) is 0 Å². The summed E-state index contributed by atoms with van der Waals surface area (Å²) in [5, 5.41) is 27.4. The van der Waals surface area contributed by atoms with Gasteiger partial charge in [0.1, 0.15) is 11.4 Å². The van der Waals surface area contributed by atoms with Crippen molar-refractivity contribution in [2.24, 2.45) is 0 Å². The monoisotopic (exact) mass is 235 g/mol. The minimum absolute atomic E-state index is 0.0416. The average molecular weight is 235 g/mol. The first-order chi connectivity index (χ1) is 7.99. The standard InChI is InChI=1S/C11H9NO5/c13-5-1-2-8-6(3-5)7(4-9(14)15)10(12-8)11(16)17/h1-3,12-13H,4H2,(H,14,15)(H,16,17). The number of fused-ring (bicyclic) bond motifs is 1. The molecule has 0 bridgehead atoms. The molecule has 88 valence electrons. The minimum Gasteiger partial charge on any atom is -0.508 e. The van der Waals surface area contributed by atoms with Crippen molar-refractivity contribution in [3.05, 3.63) is 29.5 Å². The molecule has 6 heteroatoms. The molecule has 0 saturated carbocycles. The van der Waals surface area contributed by atoms with E-state index in [4.69, 9.17) is 10.2 Å². The lowest BCUT2D eigenvalue weighted by Gasteiger charge is -1.97. The van der Waals surface area contributed by atoms with E-state index in [1.54, 1.807) is 0 Å². The van der Waals surface area contributed by atoms with Crippen LogP contribution >= 0.6 is 0 Å². The highest BCUT2D eigenvalue weighted by molar-refractivity contribution is 5.99. The van der Waals surface area contributed by atoms with Crippen molar-refractivity contribution in [1.82, 2.24) is 4.98 Å². The number of carbonyl (C=O) groups is 2. The Labute approximate surface area is 95.1 Å². The van der Waals surface area contributed by atoms with Gasteiger partial charge in [-0.1, -0.05) is 0 Å². The molecule has 0 atom stereocenters. The van der Waals surface area contributed by atoms with Crippen LogP contribution in [-0.4, -0.2) is 32.2 Å². The third-order valence-corrected chi connectivity index (χ3v) is 2.43. The molecule has 0 spiro atoms. The van der Waals surface area contributed by atoms with Crippen LogP contribution in [0.2, 0.25) is 0 Å². The highest BCUT2D eigenvalue weighted by atomic mass is 16.4. The summed E-state index contributed by atoms with van der Waals surface area (Å²) in [5.41, 5.74) is 0.486. The van der Waals surface area contributed by atoms with Crippen molar-refractivity contribution in [3.63, 3.8) is 0 Å². The van der Waals surface area contributed by atoms with Crippen molar-refractivity contribution in [2.75, 3.05) is 0 Å². The number of aliphatic carboxylic acids is 1. The Hall–Kier alpha value is -2.50. The molecule has 0 unspecified atom stereocenters. The Kier molecular flexibility index (Phi) is 2.47. The minimum atomic E-state index is -1.23. The zero-order chi connectivity index (χ0) is 12.6. The largest absolute Gasteiger partial charge is 0.508 e. The second kappa shape index (κ2) is 3.82. The number of aromatic nitrogens is 1. The number of phenols is 1. The fraction of sp³-hybridized carbons (Fsp3) is 0.0909. The van der Waals surface area contributed by atoms with Crippen LogP contribution in [0, 0.1) is 0 Å². The summed E-state index contributed by atoms with van der Waals surface area (Å²) in [7, 11) is 0. The van der Waals surface area contributed by atoms with Gasteiger partial charge in [0.05, 0.1) is 6.42 Å². The summed E-state index contributed by atoms with van der Waals surface area (Å²) < 4.78 is 0. The van der Waals surface area contributed by atoms with E-state index in [1.165, 1.54) is 18.2 Å². The average Bonchev–Trinajstić information content (AvgIpc) is 2.56. The van der Waals surface area contributed by atoms with Gasteiger partial charge in [-0.25, -0.2) is 4.79 Å². The fourth-order valence-corrected chi connectivity index (χ4v) is 1.75. The molecule has 0 saturated heterocycles. The predicted octanol–water partition coefficient (Wildman–Crippen LogP) is 1.20. The molecule has 0 radical (unpaired) electrons. The Bertz CT molecular complexity index is 614. The number of phenolic OH excluding ortho intramolecular Hbond substituents is 1. The van der Waals surface area contributed by atoms with Crippen LogP contribution in [0.15, 0.2) is 18.2 Å². The molecule has 1 aromatic carbocycles. The molecule has 0 fully saturated rings. The van der Waals surface area contributed by atoms with E-state index < -0.39 is 18.4 Å². The maximum atomic E-state index is 11.0. The summed E-state index contributed by atoms with van der Waals surface area (Å²) in [4.78, 5) is 24.3. The number of benzene rings is 1. The maximum absolute atomic E-state index is 11.0. The lowest BCUT2D eigenvalue weighted by molar-refractivity contribution is -0.136. The van der Waals surface area contributed by atoms with Gasteiger partial charge in [0, 0.05) is 16.5 Å². The van der Waals surface area contributed by atoms with Crippen molar-refractivity contribution >= 4 is 22.8 Å². The summed E-state index contributed by atoms with van der Waals surface area (Å²) in [5.74, 6) is -2.39. The molecule has 2 aromatic rings. The molecule has 6 nitrogen and oxygen atoms in total. The third kappa shape index (κ3) is 1.92. The number of hydrogen-bond acceptors (Lipinski definition) is 3. The second-order valence-electron chi connectivity index (χ2n) is 3.58. The predicted molar refractivity (Wildman–Crippen MR) is 58.3 cm³/mol. The fourth-order valence-electron chi connectivity index (χ4n) is 1.75. The smallest absolute Gasteiger partial charge is 0.352 e. The lowest BCUT2D eigenvalue weighted by Crippen LogP contribution is -2.06. The van der Waals surface area contributed by atoms with Crippen LogP contribution in [-0.2, 0) is 11.2 Å². The van der Waals surface area contributed by atoms with Crippen LogP contribution in [0.3, 0.4) is 0 Å². The van der Waals surface area contributed by atoms with E-state index in [2.05, 4.69) is 4.98 Å². The SMILES string of the molecule is O=C(O)Cc1c(C(=O)O)[nH]c2ccc(O)cc12. The van der Waals surface area contributed by atoms with Gasteiger partial charge in [-0.05, 0) is 18.2 Å². The molecule has 1 heterocycles. The number of H-pyrrole nitrogens is 1. The van der Waals surface area contributed by atoms with Crippen molar-refractivity contribution < 1.29 is 24.9 Å². The van der Waals surface area contributed by atoms with Crippen LogP contribution in [0.5, 0.6) is 5.75 Å². The normalized spacial score (nSPS) is 10.6. The number of carboxylic acid groups (broad SMARTS) is 2. The molecule has 17 heavy (non-hydrogen) atoms. The van der Waals surface area contributed by atoms with E-state index in [-0.39, 0.29) is 17.0 Å². The number of aromatic carboxylic acids is 1. The first-order valence-corrected chi connectivity index (χ1v) is 4.77. The third-order valence-electron chi connectivity index (χ3n) is 2.43. The molecule has 0 aliphatic heterocycles. The molecule has 2 rings (SSSR count). The summed E-state index contributed by atoms with van der Waals surface area (Å²) in [6.45, 7) is 0. The molecule has 0 amide bonds. The number of hydrogen-bond donors (Lipinski definition) is 4. The zero-order valence-electron chi connectivity index (χ0n) is 8.60. The van der Waals surface area contributed by atoms with Gasteiger partial charge in [0.15, 0.2) is 0 Å². The van der Waals surface area contributed by atoms with E-state index >= 15 is 0 Å². The molecular weight excluding hydrogens is 226 g/mol. The molecule has 1 aromatic heterocycles. The Balaban J connectivity index is 2.72. The Morgan fingerprint density at radius 3 is 2.53 bits per heavy atom. The molecule has 0 aliphatic rings. The van der Waals surface area contributed by atoms with Crippen LogP contribution in [0.4, 0.5) is 0 Å². The molecule has 4 N–H and O–H groups in total. The van der Waals surface area contributed by atoms with Gasteiger partial charge >= 0.3 is 11.9 Å². The lowest BCUT2D eigenvalue weighted by atomic mass is 10.1. The van der Waals surface area contributed by atoms with Crippen molar-refractivity contribution in [2.45, 2.75) is 6.42 Å². The van der Waals surface area contributed by atoms with Gasteiger partial charge in [-0.2, -0.15) is 0 Å². The van der Waals surface area contributed by atoms with Crippen LogP contribution < -0.4 is 0 Å². The van der Waals surface area contributed by atoms with E-state index in [1.807, 2.05) is 0 Å². The topological polar surface area (TPSA) is 111 Å². The molecule has 0 aliphatic carbocycles. The van der Waals surface area contributed by atoms with Gasteiger partial charge in [0.2, 0.25) is 0 Å². The van der Waals surface area contributed by atoms with Crippen LogP contribution in [0.25, 0.3) is 10.9 Å². The Morgan fingerprint density at radius 1 is 1.24 bits per heavy atom. The highest BCUT2D eigenvalue weighted by Gasteiger charge is 2.19. The molecular formula is C11H9NO5. The van der Waals surface area contributed by atoms with Crippen molar-refractivity contribution in [1.29, 1.82) is 0 Å². The second-order valence-corrected chi connectivity index (χ2v) is 3.58. The number of rotatable bonds is 3. The van der Waals surface area contributed by atoms with Gasteiger partial charge in [0.25, 0.3) is 0 Å². The summed E-state index contributed by atoms with van der Waals surface area (Å²) >= 11 is 0. The number of nitrogens with one attached hydrogen (secondary N) is 1. The summed E-state index contributed by atoms with van der Waals surface area (Å²) in [6, 6.07) is 4.24. The first-order valence-electron chi connectivity index (χ1n) is 4.77. The number of carboxylic acids is 2. The maximum Gasteiger partial charge on any atom is 0.352 e. The van der Waals surface area contributed by atoms with Crippen LogP contribution in [0.1, 0.15) is 16.1 Å². The van der Waals surface area contributed by atoms with E-state index in [0.717, 1.165) is 0 Å². The van der Waals surface area contributed by atoms with E-state index in [9.17, 15) is 14.7 Å². The van der Waals surface area contributed by atoms with Gasteiger partial charge in [-0.3, -0.25) is 4.79 Å². The number of aromatic amines is 1. The van der Waals surface area contributed by atoms with E-state index in [0.29, 0.717) is 10.9 Å². The Morgan fingerprint density at radius 2 is 1.94 bits per heavy atom. The zero-order valence-corrected chi connectivity index (χ0v) is 8.60. The van der Waals surface area contributed by atoms with Crippen molar-refractivity contribution in [3.8, 4) is 5.75 Å². The first kappa shape index (κ1) is 11.0. The highest BCUT2D eigenvalue weighted by Crippen LogP contribution is 2.26.